The molecule has 5 nitrogen and oxygen atoms in total. The first-order chi connectivity index (χ1) is 33.7. The van der Waals surface area contributed by atoms with E-state index in [-0.39, 0.29) is 0 Å². The highest BCUT2D eigenvalue weighted by Gasteiger charge is 2.24. The molecule has 0 aliphatic rings. The molecule has 0 aliphatic carbocycles. The van der Waals surface area contributed by atoms with E-state index in [9.17, 15) is 10.5 Å². The summed E-state index contributed by atoms with van der Waals surface area (Å²) in [6.07, 6.45) is 0. The molecule has 11 aromatic rings. The predicted molar refractivity (Wildman–Crippen MR) is 283 cm³/mol. The Morgan fingerprint density at radius 2 is 0.797 bits per heavy atom. The van der Waals surface area contributed by atoms with Crippen LogP contribution in [0.15, 0.2) is 200 Å². The van der Waals surface area contributed by atoms with E-state index < -0.39 is 0 Å². The van der Waals surface area contributed by atoms with Gasteiger partial charge in [-0.15, -0.1) is 0 Å². The quantitative estimate of drug-likeness (QED) is 0.152. The molecule has 0 fully saturated rings. The number of nitriles is 2. The Labute approximate surface area is 402 Å². The first-order valence-electron chi connectivity index (χ1n) is 23.2. The minimum absolute atomic E-state index is 0.578. The first kappa shape index (κ1) is 42.5. The fourth-order valence-corrected chi connectivity index (χ4v) is 9.85. The maximum atomic E-state index is 9.99. The van der Waals surface area contributed by atoms with Crippen LogP contribution < -0.4 is 0 Å². The van der Waals surface area contributed by atoms with Crippen molar-refractivity contribution in [3.63, 3.8) is 0 Å². The van der Waals surface area contributed by atoms with Gasteiger partial charge >= 0.3 is 0 Å². The van der Waals surface area contributed by atoms with Gasteiger partial charge in [-0.25, -0.2) is 9.97 Å². The molecule has 2 heterocycles. The van der Waals surface area contributed by atoms with Gasteiger partial charge in [0.05, 0.1) is 51.4 Å². The molecule has 69 heavy (non-hydrogen) atoms. The van der Waals surface area contributed by atoms with Crippen LogP contribution in [-0.2, 0) is 0 Å². The Hall–Kier alpha value is -9.16. The van der Waals surface area contributed by atoms with Crippen LogP contribution in [0.25, 0.3) is 106 Å². The summed E-state index contributed by atoms with van der Waals surface area (Å²) in [6.45, 7) is 8.65. The van der Waals surface area contributed by atoms with Gasteiger partial charge in [0.2, 0.25) is 0 Å². The molecule has 11 rings (SSSR count). The van der Waals surface area contributed by atoms with E-state index in [1.165, 1.54) is 33.4 Å². The molecule has 0 unspecified atom stereocenters. The monoisotopic (exact) mass is 883 g/mol. The highest BCUT2D eigenvalue weighted by molar-refractivity contribution is 6.13. The molecule has 0 saturated carbocycles. The van der Waals surface area contributed by atoms with Crippen LogP contribution in [-0.4, -0.2) is 14.5 Å². The molecule has 0 radical (unpaired) electrons. The summed E-state index contributed by atoms with van der Waals surface area (Å²) in [7, 11) is 0. The lowest BCUT2D eigenvalue weighted by atomic mass is 9.91. The van der Waals surface area contributed by atoms with Gasteiger partial charge in [-0.05, 0) is 139 Å². The lowest BCUT2D eigenvalue weighted by Crippen LogP contribution is -2.03. The molecule has 0 aliphatic heterocycles. The molecule has 0 N–H and O–H groups in total. The normalized spacial score (nSPS) is 11.2. The number of aryl methyl sites for hydroxylation is 4. The van der Waals surface area contributed by atoms with Crippen LogP contribution in [0.3, 0.4) is 0 Å². The summed E-state index contributed by atoms with van der Waals surface area (Å²) in [5, 5.41) is 22.2. The van der Waals surface area contributed by atoms with E-state index >= 15 is 0 Å². The third kappa shape index (κ3) is 7.93. The van der Waals surface area contributed by atoms with Gasteiger partial charge in [0.15, 0.2) is 5.82 Å². The first-order valence-corrected chi connectivity index (χ1v) is 23.2. The standard InChI is InChI=1S/C64H45N5/c1-40-15-27-53(42(3)31-40)50-25-29-61-57(33-50)58-34-51(54-28-16-41(2)32-43(54)4)26-30-62(58)69(61)63-55(46-21-17-44(38-65)18-22-46)35-52(36-56(63)47-23-19-45(39-66)20-24-47)60-37-59(48-11-7-5-8-12-48)67-64(68-60)49-13-9-6-10-14-49/h5-37H,1-4H3. The molecular weight excluding hydrogens is 839 g/mol. The lowest BCUT2D eigenvalue weighted by Gasteiger charge is -2.21. The Morgan fingerprint density at radius 1 is 0.362 bits per heavy atom. The van der Waals surface area contributed by atoms with Crippen molar-refractivity contribution in [3.8, 4) is 96.2 Å². The van der Waals surface area contributed by atoms with Crippen molar-refractivity contribution >= 4 is 21.8 Å². The molecule has 0 bridgehead atoms. The van der Waals surface area contributed by atoms with E-state index in [2.05, 4.69) is 148 Å². The zero-order valence-corrected chi connectivity index (χ0v) is 38.8. The van der Waals surface area contributed by atoms with Crippen molar-refractivity contribution < 1.29 is 0 Å². The van der Waals surface area contributed by atoms with Crippen LogP contribution in [0.5, 0.6) is 0 Å². The fraction of sp³-hybridized carbons (Fsp3) is 0.0625. The van der Waals surface area contributed by atoms with Crippen molar-refractivity contribution in [2.75, 3.05) is 0 Å². The Kier molecular flexibility index (Phi) is 10.8. The van der Waals surface area contributed by atoms with E-state index in [1.54, 1.807) is 0 Å². The minimum Gasteiger partial charge on any atom is -0.308 e. The second-order valence-corrected chi connectivity index (χ2v) is 17.9. The molecule has 0 amide bonds. The van der Waals surface area contributed by atoms with E-state index in [1.807, 2.05) is 97.1 Å². The van der Waals surface area contributed by atoms with Crippen LogP contribution in [0.2, 0.25) is 0 Å². The van der Waals surface area contributed by atoms with E-state index in [0.717, 1.165) is 89.0 Å². The average molecular weight is 884 g/mol. The second kappa shape index (κ2) is 17.6. The van der Waals surface area contributed by atoms with Gasteiger partial charge in [-0.2, -0.15) is 10.5 Å². The Balaban J connectivity index is 1.26. The number of benzene rings is 9. The number of aromatic nitrogens is 3. The van der Waals surface area contributed by atoms with Gasteiger partial charge in [0, 0.05) is 38.6 Å². The summed E-state index contributed by atoms with van der Waals surface area (Å²) < 4.78 is 2.41. The van der Waals surface area contributed by atoms with Crippen LogP contribution >= 0.6 is 0 Å². The van der Waals surface area contributed by atoms with Crippen molar-refractivity contribution in [2.45, 2.75) is 27.7 Å². The fourth-order valence-electron chi connectivity index (χ4n) is 9.85. The highest BCUT2D eigenvalue weighted by atomic mass is 15.0. The topological polar surface area (TPSA) is 78.3 Å². The molecule has 0 spiro atoms. The largest absolute Gasteiger partial charge is 0.308 e. The molecule has 2 aromatic heterocycles. The summed E-state index contributed by atoms with van der Waals surface area (Å²) in [6, 6.07) is 74.3. The minimum atomic E-state index is 0.578. The molecule has 0 atom stereocenters. The molecule has 5 heteroatoms. The smallest absolute Gasteiger partial charge is 0.160 e. The van der Waals surface area contributed by atoms with E-state index in [0.29, 0.717) is 17.0 Å². The van der Waals surface area contributed by atoms with Crippen LogP contribution in [0, 0.1) is 50.4 Å². The predicted octanol–water partition coefficient (Wildman–Crippen LogP) is 16.2. The van der Waals surface area contributed by atoms with Crippen molar-refractivity contribution in [2.24, 2.45) is 0 Å². The third-order valence-corrected chi connectivity index (χ3v) is 13.3. The summed E-state index contributed by atoms with van der Waals surface area (Å²) in [4.78, 5) is 10.4. The molecule has 9 aromatic carbocycles. The maximum absolute atomic E-state index is 9.99. The lowest BCUT2D eigenvalue weighted by molar-refractivity contribution is 1.17. The Bertz CT molecular complexity index is 3620. The molecule has 326 valence electrons. The second-order valence-electron chi connectivity index (χ2n) is 17.9. The third-order valence-electron chi connectivity index (χ3n) is 13.3. The number of nitrogens with zero attached hydrogens (tertiary/aromatic N) is 5. The van der Waals surface area contributed by atoms with Crippen molar-refractivity contribution in [1.82, 2.24) is 14.5 Å². The zero-order chi connectivity index (χ0) is 47.2. The zero-order valence-electron chi connectivity index (χ0n) is 38.8. The Morgan fingerprint density at radius 3 is 1.25 bits per heavy atom. The van der Waals surface area contributed by atoms with Crippen molar-refractivity contribution in [3.05, 3.63) is 234 Å². The van der Waals surface area contributed by atoms with Crippen LogP contribution in [0.1, 0.15) is 33.4 Å². The van der Waals surface area contributed by atoms with Gasteiger partial charge < -0.3 is 4.57 Å². The SMILES string of the molecule is Cc1ccc(-c2ccc3c(c2)c2cc(-c4ccc(C)cc4C)ccc2n3-c2c(-c3ccc(C#N)cc3)cc(-c3cc(-c4ccccc4)nc(-c4ccccc4)n3)cc2-c2ccc(C#N)cc2)c(C)c1. The van der Waals surface area contributed by atoms with Gasteiger partial charge in [0.25, 0.3) is 0 Å². The summed E-state index contributed by atoms with van der Waals surface area (Å²) >= 11 is 0. The van der Waals surface area contributed by atoms with Gasteiger partial charge in [-0.1, -0.05) is 145 Å². The summed E-state index contributed by atoms with van der Waals surface area (Å²) in [5.74, 6) is 0.623. The average Bonchev–Trinajstić information content (AvgIpc) is 3.71. The summed E-state index contributed by atoms with van der Waals surface area (Å²) in [5.41, 5.74) is 22.0. The maximum Gasteiger partial charge on any atom is 0.160 e. The molecule has 0 saturated heterocycles. The van der Waals surface area contributed by atoms with Gasteiger partial charge in [0.1, 0.15) is 0 Å². The number of fused-ring (bicyclic) bond motifs is 3. The number of rotatable bonds is 8. The van der Waals surface area contributed by atoms with E-state index in [4.69, 9.17) is 9.97 Å². The highest BCUT2D eigenvalue weighted by Crippen LogP contribution is 2.46. The van der Waals surface area contributed by atoms with Crippen molar-refractivity contribution in [1.29, 1.82) is 10.5 Å². The van der Waals surface area contributed by atoms with Crippen LogP contribution in [0.4, 0.5) is 0 Å². The number of hydrogen-bond acceptors (Lipinski definition) is 4. The van der Waals surface area contributed by atoms with Gasteiger partial charge in [-0.3, -0.25) is 0 Å². The molecular formula is C64H45N5. The number of hydrogen-bond donors (Lipinski definition) is 0.